The topological polar surface area (TPSA) is 77.4 Å². The van der Waals surface area contributed by atoms with Crippen LogP contribution in [0.25, 0.3) is 11.0 Å². The van der Waals surface area contributed by atoms with Gasteiger partial charge in [-0.15, -0.1) is 13.2 Å². The van der Waals surface area contributed by atoms with E-state index in [2.05, 4.69) is 40.7 Å². The second-order valence-electron chi connectivity index (χ2n) is 11.9. The van der Waals surface area contributed by atoms with Crippen LogP contribution in [-0.4, -0.2) is 27.6 Å². The SMILES string of the molecule is C[C@@H]1C[C@H](n2c(Nc3ccc(OC(F)(F)F)cc3)nc3cc(NC(=O)OC(C)(C)C)ccc32)CC(C)(C)C1. The van der Waals surface area contributed by atoms with Gasteiger partial charge in [-0.2, -0.15) is 0 Å². The van der Waals surface area contributed by atoms with Crippen molar-refractivity contribution in [2.75, 3.05) is 10.6 Å². The fourth-order valence-corrected chi connectivity index (χ4v) is 5.42. The number of fused-ring (bicyclic) bond motifs is 1. The zero-order valence-corrected chi connectivity index (χ0v) is 22.6. The van der Waals surface area contributed by atoms with Gasteiger partial charge in [0.15, 0.2) is 0 Å². The number of anilines is 3. The van der Waals surface area contributed by atoms with E-state index in [1.807, 2.05) is 12.1 Å². The van der Waals surface area contributed by atoms with Crippen LogP contribution in [0, 0.1) is 11.3 Å². The largest absolute Gasteiger partial charge is 0.573 e. The Bertz CT molecular complexity index is 1290. The lowest BCUT2D eigenvalue weighted by molar-refractivity contribution is -0.274. The third-order valence-corrected chi connectivity index (χ3v) is 6.41. The van der Waals surface area contributed by atoms with E-state index in [-0.39, 0.29) is 17.2 Å². The van der Waals surface area contributed by atoms with Crippen LogP contribution in [0.3, 0.4) is 0 Å². The van der Waals surface area contributed by atoms with E-state index in [1.54, 1.807) is 26.8 Å². The number of amides is 1. The highest BCUT2D eigenvalue weighted by atomic mass is 19.4. The molecule has 0 unspecified atom stereocenters. The second-order valence-corrected chi connectivity index (χ2v) is 11.9. The first-order chi connectivity index (χ1) is 17.6. The Morgan fingerprint density at radius 1 is 1.05 bits per heavy atom. The van der Waals surface area contributed by atoms with Crippen LogP contribution in [0.15, 0.2) is 42.5 Å². The first kappa shape index (κ1) is 27.6. The normalized spacial score (nSPS) is 19.7. The fraction of sp³-hybridized carbons (Fsp3) is 0.500. The summed E-state index contributed by atoms with van der Waals surface area (Å²) in [5.41, 5.74) is 2.21. The number of carbonyl (C=O) groups is 1. The van der Waals surface area contributed by atoms with Gasteiger partial charge < -0.3 is 19.4 Å². The molecule has 2 aromatic carbocycles. The molecule has 7 nitrogen and oxygen atoms in total. The molecule has 1 aliphatic carbocycles. The number of halogens is 3. The summed E-state index contributed by atoms with van der Waals surface area (Å²) >= 11 is 0. The highest BCUT2D eigenvalue weighted by Crippen LogP contribution is 2.46. The molecule has 0 bridgehead atoms. The lowest BCUT2D eigenvalue weighted by Crippen LogP contribution is -2.29. The second kappa shape index (κ2) is 10.0. The molecule has 1 amide bonds. The molecule has 1 aromatic heterocycles. The van der Waals surface area contributed by atoms with Gasteiger partial charge in [0.25, 0.3) is 0 Å². The molecule has 0 radical (unpaired) electrons. The number of hydrogen-bond acceptors (Lipinski definition) is 5. The molecule has 206 valence electrons. The number of rotatable bonds is 5. The number of carbonyl (C=O) groups excluding carboxylic acids is 1. The van der Waals surface area contributed by atoms with E-state index in [1.165, 1.54) is 24.3 Å². The Balaban J connectivity index is 1.68. The zero-order valence-electron chi connectivity index (χ0n) is 22.6. The number of imidazole rings is 1. The van der Waals surface area contributed by atoms with E-state index in [4.69, 9.17) is 9.72 Å². The molecular weight excluding hydrogens is 497 g/mol. The van der Waals surface area contributed by atoms with Crippen LogP contribution in [0.2, 0.25) is 0 Å². The van der Waals surface area contributed by atoms with Crippen molar-refractivity contribution in [1.29, 1.82) is 0 Å². The summed E-state index contributed by atoms with van der Waals surface area (Å²) in [6.45, 7) is 12.2. The smallest absolute Gasteiger partial charge is 0.444 e. The Morgan fingerprint density at radius 3 is 2.32 bits per heavy atom. The predicted molar refractivity (Wildman–Crippen MR) is 142 cm³/mol. The van der Waals surface area contributed by atoms with Gasteiger partial charge in [0.05, 0.1) is 11.0 Å². The number of nitrogens with zero attached hydrogens (tertiary/aromatic N) is 2. The van der Waals surface area contributed by atoms with Crippen molar-refractivity contribution in [3.05, 3.63) is 42.5 Å². The first-order valence-electron chi connectivity index (χ1n) is 12.7. The minimum Gasteiger partial charge on any atom is -0.444 e. The molecule has 10 heteroatoms. The molecule has 2 atom stereocenters. The van der Waals surface area contributed by atoms with Crippen LogP contribution in [0.4, 0.5) is 35.3 Å². The Labute approximate surface area is 220 Å². The average Bonchev–Trinajstić information content (AvgIpc) is 3.08. The number of alkyl halides is 3. The Kier molecular flexibility index (Phi) is 7.29. The zero-order chi connectivity index (χ0) is 27.9. The van der Waals surface area contributed by atoms with Gasteiger partial charge >= 0.3 is 12.5 Å². The lowest BCUT2D eigenvalue weighted by Gasteiger charge is -2.40. The van der Waals surface area contributed by atoms with Gasteiger partial charge in [-0.3, -0.25) is 5.32 Å². The van der Waals surface area contributed by atoms with Crippen molar-refractivity contribution in [3.63, 3.8) is 0 Å². The van der Waals surface area contributed by atoms with E-state index in [0.717, 1.165) is 24.8 Å². The van der Waals surface area contributed by atoms with E-state index in [0.29, 0.717) is 28.8 Å². The monoisotopic (exact) mass is 532 g/mol. The van der Waals surface area contributed by atoms with Gasteiger partial charge in [0, 0.05) is 17.4 Å². The van der Waals surface area contributed by atoms with Crippen LogP contribution in [0.5, 0.6) is 5.75 Å². The number of nitrogens with one attached hydrogen (secondary N) is 2. The lowest BCUT2D eigenvalue weighted by atomic mass is 9.70. The van der Waals surface area contributed by atoms with Gasteiger partial charge in [0.1, 0.15) is 11.4 Å². The molecule has 1 aliphatic rings. The van der Waals surface area contributed by atoms with E-state index in [9.17, 15) is 18.0 Å². The molecule has 4 rings (SSSR count). The number of hydrogen-bond donors (Lipinski definition) is 2. The summed E-state index contributed by atoms with van der Waals surface area (Å²) < 4.78 is 49.2. The van der Waals surface area contributed by atoms with Crippen molar-refractivity contribution < 1.29 is 27.4 Å². The summed E-state index contributed by atoms with van der Waals surface area (Å²) in [6.07, 6.45) is -2.26. The molecule has 0 saturated heterocycles. The molecule has 3 aromatic rings. The fourth-order valence-electron chi connectivity index (χ4n) is 5.42. The maximum absolute atomic E-state index is 12.6. The highest BCUT2D eigenvalue weighted by molar-refractivity contribution is 5.90. The number of aromatic nitrogens is 2. The summed E-state index contributed by atoms with van der Waals surface area (Å²) in [6, 6.07) is 11.3. The van der Waals surface area contributed by atoms with Crippen molar-refractivity contribution in [2.24, 2.45) is 11.3 Å². The van der Waals surface area contributed by atoms with Gasteiger partial charge in [0.2, 0.25) is 5.95 Å². The van der Waals surface area contributed by atoms with E-state index < -0.39 is 18.1 Å². The molecule has 1 saturated carbocycles. The van der Waals surface area contributed by atoms with Crippen molar-refractivity contribution >= 4 is 34.4 Å². The van der Waals surface area contributed by atoms with Crippen molar-refractivity contribution in [2.45, 2.75) is 78.8 Å². The molecule has 0 aliphatic heterocycles. The summed E-state index contributed by atoms with van der Waals surface area (Å²) in [7, 11) is 0. The summed E-state index contributed by atoms with van der Waals surface area (Å²) in [5, 5.41) is 6.04. The molecular formula is C28H35F3N4O3. The summed E-state index contributed by atoms with van der Waals surface area (Å²) in [4.78, 5) is 17.1. The predicted octanol–water partition coefficient (Wildman–Crippen LogP) is 8.41. The highest BCUT2D eigenvalue weighted by Gasteiger charge is 2.35. The minimum atomic E-state index is -4.75. The molecule has 1 heterocycles. The van der Waals surface area contributed by atoms with Crippen LogP contribution < -0.4 is 15.4 Å². The van der Waals surface area contributed by atoms with Crippen LogP contribution in [-0.2, 0) is 4.74 Å². The summed E-state index contributed by atoms with van der Waals surface area (Å²) in [5.74, 6) is 0.798. The van der Waals surface area contributed by atoms with Gasteiger partial charge in [-0.1, -0.05) is 20.8 Å². The minimum absolute atomic E-state index is 0.144. The van der Waals surface area contributed by atoms with E-state index >= 15 is 0 Å². The molecule has 1 fully saturated rings. The van der Waals surface area contributed by atoms with Crippen LogP contribution >= 0.6 is 0 Å². The van der Waals surface area contributed by atoms with Crippen molar-refractivity contribution in [3.8, 4) is 5.75 Å². The molecule has 2 N–H and O–H groups in total. The Morgan fingerprint density at radius 2 is 1.71 bits per heavy atom. The number of benzene rings is 2. The first-order valence-corrected chi connectivity index (χ1v) is 12.7. The maximum atomic E-state index is 12.6. The quantitative estimate of drug-likeness (QED) is 0.345. The Hall–Kier alpha value is -3.43. The van der Waals surface area contributed by atoms with Crippen molar-refractivity contribution in [1.82, 2.24) is 9.55 Å². The third-order valence-electron chi connectivity index (χ3n) is 6.41. The average molecular weight is 533 g/mol. The third kappa shape index (κ3) is 7.11. The molecule has 0 spiro atoms. The van der Waals surface area contributed by atoms with Gasteiger partial charge in [-0.25, -0.2) is 9.78 Å². The van der Waals surface area contributed by atoms with Crippen LogP contribution in [0.1, 0.15) is 66.8 Å². The maximum Gasteiger partial charge on any atom is 0.573 e. The standard InChI is InChI=1S/C28H35F3N4O3/c1-17-13-20(16-27(5,6)15-17)35-23-12-9-19(33-25(36)38-26(2,3)4)14-22(23)34-24(35)32-18-7-10-21(11-8-18)37-28(29,30)31/h7-12,14,17,20H,13,15-16H2,1-6H3,(H,32,34)(H,33,36)/t17-,20+/m1/s1. The van der Waals surface area contributed by atoms with Gasteiger partial charge in [-0.05, 0) is 93.8 Å². The molecule has 38 heavy (non-hydrogen) atoms. The number of ether oxygens (including phenoxy) is 2.